The van der Waals surface area contributed by atoms with Gasteiger partial charge in [0.15, 0.2) is 0 Å². The van der Waals surface area contributed by atoms with E-state index in [1.54, 1.807) is 0 Å². The van der Waals surface area contributed by atoms with Gasteiger partial charge in [-0.3, -0.25) is 4.79 Å². The number of benzene rings is 2. The number of hydrogen-bond acceptors (Lipinski definition) is 2. The Bertz CT molecular complexity index is 591. The standard InChI is InChI=1S/C19H22N2O/c22-19(17-11-12-20-14-17)21-18(16-9-5-2-6-10-16)13-15-7-3-1-4-8-15/h1-10,17-18,20H,11-14H2,(H,21,22). The van der Waals surface area contributed by atoms with E-state index in [2.05, 4.69) is 34.9 Å². The van der Waals surface area contributed by atoms with E-state index in [9.17, 15) is 4.79 Å². The number of carbonyl (C=O) groups excluding carboxylic acids is 1. The number of amides is 1. The Morgan fingerprint density at radius 2 is 1.77 bits per heavy atom. The molecule has 1 heterocycles. The highest BCUT2D eigenvalue weighted by atomic mass is 16.2. The highest BCUT2D eigenvalue weighted by Gasteiger charge is 2.25. The van der Waals surface area contributed by atoms with E-state index < -0.39 is 0 Å². The maximum Gasteiger partial charge on any atom is 0.224 e. The molecule has 2 aromatic rings. The van der Waals surface area contributed by atoms with Gasteiger partial charge in [0.1, 0.15) is 0 Å². The Labute approximate surface area is 131 Å². The largest absolute Gasteiger partial charge is 0.349 e. The summed E-state index contributed by atoms with van der Waals surface area (Å²) in [5.74, 6) is 0.261. The minimum atomic E-state index is 0.0247. The Morgan fingerprint density at radius 3 is 2.41 bits per heavy atom. The number of hydrogen-bond donors (Lipinski definition) is 2. The lowest BCUT2D eigenvalue weighted by Gasteiger charge is -2.21. The molecule has 3 heteroatoms. The van der Waals surface area contributed by atoms with Crippen molar-refractivity contribution in [3.63, 3.8) is 0 Å². The normalized spacial score (nSPS) is 18.8. The van der Waals surface area contributed by atoms with Crippen molar-refractivity contribution in [1.29, 1.82) is 0 Å². The van der Waals surface area contributed by atoms with Gasteiger partial charge in [-0.15, -0.1) is 0 Å². The van der Waals surface area contributed by atoms with Crippen LogP contribution in [0.25, 0.3) is 0 Å². The van der Waals surface area contributed by atoms with E-state index in [1.807, 2.05) is 36.4 Å². The summed E-state index contributed by atoms with van der Waals surface area (Å²) in [5.41, 5.74) is 2.40. The molecular weight excluding hydrogens is 272 g/mol. The molecule has 1 amide bonds. The van der Waals surface area contributed by atoms with Crippen molar-refractivity contribution in [1.82, 2.24) is 10.6 Å². The lowest BCUT2D eigenvalue weighted by atomic mass is 9.97. The van der Waals surface area contributed by atoms with Crippen LogP contribution in [-0.2, 0) is 11.2 Å². The van der Waals surface area contributed by atoms with Gasteiger partial charge in [-0.05, 0) is 30.5 Å². The second-order valence-electron chi connectivity index (χ2n) is 5.85. The lowest BCUT2D eigenvalue weighted by molar-refractivity contribution is -0.125. The highest BCUT2D eigenvalue weighted by Crippen LogP contribution is 2.20. The predicted molar refractivity (Wildman–Crippen MR) is 88.4 cm³/mol. The molecule has 0 aromatic heterocycles. The monoisotopic (exact) mass is 294 g/mol. The van der Waals surface area contributed by atoms with Crippen molar-refractivity contribution in [2.75, 3.05) is 13.1 Å². The third kappa shape index (κ3) is 3.74. The fourth-order valence-electron chi connectivity index (χ4n) is 2.96. The molecule has 1 aliphatic heterocycles. The minimum absolute atomic E-state index is 0.0247. The van der Waals surface area contributed by atoms with Crippen molar-refractivity contribution in [2.24, 2.45) is 5.92 Å². The van der Waals surface area contributed by atoms with E-state index in [0.717, 1.165) is 31.5 Å². The second-order valence-corrected chi connectivity index (χ2v) is 5.85. The molecular formula is C19H22N2O. The van der Waals surface area contributed by atoms with E-state index in [-0.39, 0.29) is 17.9 Å². The molecule has 0 aliphatic carbocycles. The molecule has 1 fully saturated rings. The van der Waals surface area contributed by atoms with Crippen LogP contribution < -0.4 is 10.6 Å². The van der Waals surface area contributed by atoms with Crippen LogP contribution in [0.4, 0.5) is 0 Å². The molecule has 2 aromatic carbocycles. The zero-order valence-corrected chi connectivity index (χ0v) is 12.7. The molecule has 3 nitrogen and oxygen atoms in total. The fourth-order valence-corrected chi connectivity index (χ4v) is 2.96. The van der Waals surface area contributed by atoms with Crippen LogP contribution in [0, 0.1) is 5.92 Å². The van der Waals surface area contributed by atoms with Gasteiger partial charge < -0.3 is 10.6 Å². The zero-order valence-electron chi connectivity index (χ0n) is 12.7. The third-order valence-corrected chi connectivity index (χ3v) is 4.23. The maximum absolute atomic E-state index is 12.5. The van der Waals surface area contributed by atoms with E-state index >= 15 is 0 Å². The first kappa shape index (κ1) is 14.8. The first-order valence-corrected chi connectivity index (χ1v) is 7.93. The fraction of sp³-hybridized carbons (Fsp3) is 0.316. The predicted octanol–water partition coefficient (Wildman–Crippen LogP) is 2.70. The Hall–Kier alpha value is -2.13. The van der Waals surface area contributed by atoms with Crippen molar-refractivity contribution in [3.05, 3.63) is 71.8 Å². The van der Waals surface area contributed by atoms with Gasteiger partial charge in [-0.2, -0.15) is 0 Å². The van der Waals surface area contributed by atoms with Crippen LogP contribution in [0.3, 0.4) is 0 Å². The van der Waals surface area contributed by atoms with Gasteiger partial charge in [0, 0.05) is 6.54 Å². The molecule has 1 aliphatic rings. The summed E-state index contributed by atoms with van der Waals surface area (Å²) in [6.45, 7) is 1.73. The summed E-state index contributed by atoms with van der Waals surface area (Å²) < 4.78 is 0. The van der Waals surface area contributed by atoms with Gasteiger partial charge in [-0.1, -0.05) is 60.7 Å². The zero-order chi connectivity index (χ0) is 15.2. The highest BCUT2D eigenvalue weighted by molar-refractivity contribution is 5.79. The molecule has 114 valence electrons. The molecule has 0 radical (unpaired) electrons. The van der Waals surface area contributed by atoms with Crippen molar-refractivity contribution < 1.29 is 4.79 Å². The van der Waals surface area contributed by atoms with Crippen LogP contribution in [-0.4, -0.2) is 19.0 Å². The Kier molecular flexibility index (Phi) is 4.86. The molecule has 2 atom stereocenters. The molecule has 2 unspecified atom stereocenters. The quantitative estimate of drug-likeness (QED) is 0.890. The summed E-state index contributed by atoms with van der Waals surface area (Å²) in [6, 6.07) is 20.6. The molecule has 2 N–H and O–H groups in total. The van der Waals surface area contributed by atoms with Crippen LogP contribution in [0.1, 0.15) is 23.6 Å². The van der Waals surface area contributed by atoms with Crippen LogP contribution in [0.2, 0.25) is 0 Å². The molecule has 0 saturated carbocycles. The van der Waals surface area contributed by atoms with Gasteiger partial charge in [0.05, 0.1) is 12.0 Å². The lowest BCUT2D eigenvalue weighted by Crippen LogP contribution is -2.35. The molecule has 0 bridgehead atoms. The van der Waals surface area contributed by atoms with E-state index in [0.29, 0.717) is 0 Å². The minimum Gasteiger partial charge on any atom is -0.349 e. The number of nitrogens with one attached hydrogen (secondary N) is 2. The van der Waals surface area contributed by atoms with Crippen molar-refractivity contribution >= 4 is 5.91 Å². The summed E-state index contributed by atoms with van der Waals surface area (Å²) in [4.78, 5) is 12.5. The maximum atomic E-state index is 12.5. The Balaban J connectivity index is 1.75. The average molecular weight is 294 g/mol. The van der Waals surface area contributed by atoms with Gasteiger partial charge in [0.2, 0.25) is 5.91 Å². The summed E-state index contributed by atoms with van der Waals surface area (Å²) >= 11 is 0. The van der Waals surface area contributed by atoms with E-state index in [1.165, 1.54) is 5.56 Å². The number of carbonyl (C=O) groups is 1. The average Bonchev–Trinajstić information content (AvgIpc) is 3.11. The Morgan fingerprint density at radius 1 is 1.09 bits per heavy atom. The third-order valence-electron chi connectivity index (χ3n) is 4.23. The molecule has 3 rings (SSSR count). The van der Waals surface area contributed by atoms with Crippen LogP contribution in [0.5, 0.6) is 0 Å². The molecule has 1 saturated heterocycles. The van der Waals surface area contributed by atoms with Gasteiger partial charge in [0.25, 0.3) is 0 Å². The van der Waals surface area contributed by atoms with Crippen LogP contribution in [0.15, 0.2) is 60.7 Å². The SMILES string of the molecule is O=C(NC(Cc1ccccc1)c1ccccc1)C1CCNC1. The smallest absolute Gasteiger partial charge is 0.224 e. The second kappa shape index (κ2) is 7.23. The molecule has 0 spiro atoms. The summed E-state index contributed by atoms with van der Waals surface area (Å²) in [6.07, 6.45) is 1.75. The summed E-state index contributed by atoms with van der Waals surface area (Å²) in [5, 5.41) is 6.50. The number of rotatable bonds is 5. The topological polar surface area (TPSA) is 41.1 Å². The van der Waals surface area contributed by atoms with Crippen molar-refractivity contribution in [3.8, 4) is 0 Å². The van der Waals surface area contributed by atoms with Gasteiger partial charge in [-0.25, -0.2) is 0 Å². The van der Waals surface area contributed by atoms with E-state index in [4.69, 9.17) is 0 Å². The first-order chi connectivity index (χ1) is 10.8. The summed E-state index contributed by atoms with van der Waals surface area (Å²) in [7, 11) is 0. The molecule has 22 heavy (non-hydrogen) atoms. The van der Waals surface area contributed by atoms with Crippen molar-refractivity contribution in [2.45, 2.75) is 18.9 Å². The van der Waals surface area contributed by atoms with Crippen LogP contribution >= 0.6 is 0 Å². The van der Waals surface area contributed by atoms with Gasteiger partial charge >= 0.3 is 0 Å². The first-order valence-electron chi connectivity index (χ1n) is 7.93.